The van der Waals surface area contributed by atoms with Gasteiger partial charge < -0.3 is 14.2 Å². The third-order valence-corrected chi connectivity index (χ3v) is 8.22. The lowest BCUT2D eigenvalue weighted by atomic mass is 9.45. The molecule has 5 atom stereocenters. The first-order valence-corrected chi connectivity index (χ1v) is 9.72. The second kappa shape index (κ2) is 5.78. The average molecular weight is 350 g/mol. The van der Waals surface area contributed by atoms with Gasteiger partial charge in [0, 0.05) is 18.3 Å². The Hall–Kier alpha value is -0.940. The van der Waals surface area contributed by atoms with E-state index in [-0.39, 0.29) is 28.5 Å². The summed E-state index contributed by atoms with van der Waals surface area (Å²) in [4.78, 5) is 24.7. The molecule has 5 nitrogen and oxygen atoms in total. The summed E-state index contributed by atoms with van der Waals surface area (Å²) in [5.74, 6) is 0.505. The summed E-state index contributed by atoms with van der Waals surface area (Å²) in [7, 11) is 1.44. The Morgan fingerprint density at radius 2 is 1.84 bits per heavy atom. The Balaban J connectivity index is 1.72. The van der Waals surface area contributed by atoms with Crippen molar-refractivity contribution in [3.05, 3.63) is 0 Å². The summed E-state index contributed by atoms with van der Waals surface area (Å²) in [6.07, 6.45) is 6.27. The molecule has 1 heterocycles. The van der Waals surface area contributed by atoms with Crippen LogP contribution in [0.15, 0.2) is 0 Å². The molecule has 5 heteroatoms. The number of rotatable bonds is 3. The molecule has 0 radical (unpaired) electrons. The van der Waals surface area contributed by atoms with Gasteiger partial charge in [-0.25, -0.2) is 0 Å². The molecule has 4 rings (SSSR count). The molecule has 1 saturated heterocycles. The zero-order valence-corrected chi connectivity index (χ0v) is 15.6. The number of ketones is 1. The number of hydrogen-bond donors (Lipinski definition) is 0. The summed E-state index contributed by atoms with van der Waals surface area (Å²) in [6, 6.07) is 0. The van der Waals surface area contributed by atoms with Crippen LogP contribution in [0.3, 0.4) is 0 Å². The molecular formula is C20H30O5. The highest BCUT2D eigenvalue weighted by Gasteiger charge is 2.69. The number of carbonyl (C=O) groups excluding carboxylic acids is 2. The lowest BCUT2D eigenvalue weighted by molar-refractivity contribution is -0.227. The second-order valence-electron chi connectivity index (χ2n) is 8.91. The lowest BCUT2D eigenvalue weighted by Crippen LogP contribution is -2.56. The third-order valence-electron chi connectivity index (χ3n) is 8.22. The predicted octanol–water partition coefficient (Wildman–Crippen LogP) is 3.10. The summed E-state index contributed by atoms with van der Waals surface area (Å²) >= 11 is 0. The number of hydrogen-bond acceptors (Lipinski definition) is 5. The normalized spacial score (nSPS) is 44.5. The van der Waals surface area contributed by atoms with Gasteiger partial charge in [-0.3, -0.25) is 9.59 Å². The standard InChI is InChI=1S/C20H30O5/c1-13(21)16-5-4-14-10-15-11-19(14,18(16,2)12-17(22)23-3)6-7-20(15)24-8-9-25-20/h14-16H,4-12H2,1-3H3/t14-,15?,16-,18-,19+/m0/s1. The molecule has 1 unspecified atom stereocenters. The van der Waals surface area contributed by atoms with E-state index >= 15 is 0 Å². The maximum absolute atomic E-state index is 12.5. The van der Waals surface area contributed by atoms with Crippen molar-refractivity contribution < 1.29 is 23.8 Å². The molecular weight excluding hydrogens is 320 g/mol. The third kappa shape index (κ3) is 2.27. The zero-order valence-electron chi connectivity index (χ0n) is 15.6. The van der Waals surface area contributed by atoms with E-state index in [1.54, 1.807) is 6.92 Å². The highest BCUT2D eigenvalue weighted by atomic mass is 16.7. The first-order valence-electron chi connectivity index (χ1n) is 9.72. The van der Waals surface area contributed by atoms with E-state index in [4.69, 9.17) is 14.2 Å². The Morgan fingerprint density at radius 1 is 1.12 bits per heavy atom. The van der Waals surface area contributed by atoms with Crippen molar-refractivity contribution in [1.82, 2.24) is 0 Å². The van der Waals surface area contributed by atoms with Crippen LogP contribution in [0.1, 0.15) is 58.8 Å². The molecule has 0 aromatic carbocycles. The van der Waals surface area contributed by atoms with Crippen LogP contribution < -0.4 is 0 Å². The molecule has 0 aromatic rings. The van der Waals surface area contributed by atoms with Gasteiger partial charge in [-0.15, -0.1) is 0 Å². The number of esters is 1. The van der Waals surface area contributed by atoms with Gasteiger partial charge >= 0.3 is 5.97 Å². The van der Waals surface area contributed by atoms with Crippen molar-refractivity contribution in [3.63, 3.8) is 0 Å². The maximum atomic E-state index is 12.5. The summed E-state index contributed by atoms with van der Waals surface area (Å²) in [6.45, 7) is 5.24. The van der Waals surface area contributed by atoms with Crippen molar-refractivity contribution in [2.24, 2.45) is 28.6 Å². The van der Waals surface area contributed by atoms with E-state index in [9.17, 15) is 9.59 Å². The van der Waals surface area contributed by atoms with Crippen molar-refractivity contribution in [2.45, 2.75) is 64.6 Å². The van der Waals surface area contributed by atoms with Crippen LogP contribution in [0.5, 0.6) is 0 Å². The van der Waals surface area contributed by atoms with E-state index in [1.807, 2.05) is 0 Å². The van der Waals surface area contributed by atoms with Crippen molar-refractivity contribution in [2.75, 3.05) is 20.3 Å². The van der Waals surface area contributed by atoms with Crippen molar-refractivity contribution in [3.8, 4) is 0 Å². The zero-order chi connectivity index (χ0) is 17.9. The minimum Gasteiger partial charge on any atom is -0.469 e. The molecule has 4 fully saturated rings. The van der Waals surface area contributed by atoms with Crippen LogP contribution in [0, 0.1) is 28.6 Å². The lowest BCUT2D eigenvalue weighted by Gasteiger charge is -2.59. The van der Waals surface area contributed by atoms with Gasteiger partial charge in [-0.2, -0.15) is 0 Å². The highest BCUT2D eigenvalue weighted by molar-refractivity contribution is 5.81. The Kier molecular flexibility index (Phi) is 4.04. The van der Waals surface area contributed by atoms with Crippen LogP contribution in [0.2, 0.25) is 0 Å². The van der Waals surface area contributed by atoms with Gasteiger partial charge in [0.2, 0.25) is 0 Å². The van der Waals surface area contributed by atoms with Crippen LogP contribution in [0.4, 0.5) is 0 Å². The first kappa shape index (κ1) is 17.5. The Bertz CT molecular complexity index is 581. The number of ether oxygens (including phenoxy) is 3. The van der Waals surface area contributed by atoms with Gasteiger partial charge in [0.1, 0.15) is 5.78 Å². The number of Topliss-reactive ketones (excluding diaryl/α,β-unsaturated/α-hetero) is 1. The quantitative estimate of drug-likeness (QED) is 0.732. The second-order valence-corrected chi connectivity index (χ2v) is 8.91. The van der Waals surface area contributed by atoms with E-state index in [2.05, 4.69) is 6.92 Å². The van der Waals surface area contributed by atoms with Crippen molar-refractivity contribution in [1.29, 1.82) is 0 Å². The molecule has 0 N–H and O–H groups in total. The van der Waals surface area contributed by atoms with Gasteiger partial charge in [0.15, 0.2) is 5.79 Å². The number of methoxy groups -OCH3 is 1. The van der Waals surface area contributed by atoms with E-state index < -0.39 is 5.79 Å². The molecule has 1 aliphatic heterocycles. The van der Waals surface area contributed by atoms with Crippen LogP contribution >= 0.6 is 0 Å². The molecule has 3 saturated carbocycles. The number of fused-ring (bicyclic) bond motifs is 2. The molecule has 0 amide bonds. The fourth-order valence-corrected chi connectivity index (χ4v) is 7.09. The van der Waals surface area contributed by atoms with Gasteiger partial charge in [0.25, 0.3) is 0 Å². The topological polar surface area (TPSA) is 61.8 Å². The largest absolute Gasteiger partial charge is 0.469 e. The smallest absolute Gasteiger partial charge is 0.306 e. The average Bonchev–Trinajstić information content (AvgIpc) is 3.15. The van der Waals surface area contributed by atoms with Gasteiger partial charge in [0.05, 0.1) is 26.7 Å². The van der Waals surface area contributed by atoms with Crippen LogP contribution in [-0.4, -0.2) is 37.9 Å². The summed E-state index contributed by atoms with van der Waals surface area (Å²) in [5.41, 5.74) is -0.301. The van der Waals surface area contributed by atoms with Crippen molar-refractivity contribution >= 4 is 11.8 Å². The van der Waals surface area contributed by atoms with E-state index in [0.29, 0.717) is 31.5 Å². The molecule has 3 aliphatic carbocycles. The predicted molar refractivity (Wildman–Crippen MR) is 90.7 cm³/mol. The molecule has 0 aromatic heterocycles. The van der Waals surface area contributed by atoms with Crippen LogP contribution in [-0.2, 0) is 23.8 Å². The molecule has 2 bridgehead atoms. The maximum Gasteiger partial charge on any atom is 0.306 e. The molecule has 25 heavy (non-hydrogen) atoms. The summed E-state index contributed by atoms with van der Waals surface area (Å²) in [5, 5.41) is 0. The Morgan fingerprint density at radius 3 is 2.48 bits per heavy atom. The fourth-order valence-electron chi connectivity index (χ4n) is 7.09. The number of carbonyl (C=O) groups is 2. The minimum atomic E-state index is -0.402. The molecule has 2 spiro atoms. The molecule has 4 aliphatic rings. The molecule has 140 valence electrons. The first-order chi connectivity index (χ1) is 11.9. The monoisotopic (exact) mass is 350 g/mol. The Labute approximate surface area is 149 Å². The fraction of sp³-hybridized carbons (Fsp3) is 0.900. The van der Waals surface area contributed by atoms with Gasteiger partial charge in [-0.05, 0) is 55.8 Å². The SMILES string of the molecule is COC(=O)C[C@@]1(C)[C@H](C(C)=O)CC[C@H]2CC3C[C@]21CCC31OCCO1. The summed E-state index contributed by atoms with van der Waals surface area (Å²) < 4.78 is 17.2. The van der Waals surface area contributed by atoms with E-state index in [1.165, 1.54) is 7.11 Å². The minimum absolute atomic E-state index is 0.0288. The van der Waals surface area contributed by atoms with Crippen LogP contribution in [0.25, 0.3) is 0 Å². The highest BCUT2D eigenvalue weighted by Crippen LogP contribution is 2.72. The van der Waals surface area contributed by atoms with E-state index in [0.717, 1.165) is 38.5 Å². The van der Waals surface area contributed by atoms with Gasteiger partial charge in [-0.1, -0.05) is 6.92 Å².